The van der Waals surface area contributed by atoms with Crippen molar-refractivity contribution in [3.8, 4) is 6.07 Å². The summed E-state index contributed by atoms with van der Waals surface area (Å²) in [4.78, 5) is 24.3. The zero-order chi connectivity index (χ0) is 15.1. The second-order valence-corrected chi connectivity index (χ2v) is 4.51. The van der Waals surface area contributed by atoms with Gasteiger partial charge in [0, 0.05) is 18.3 Å². The number of nitrogens with zero attached hydrogens (tertiary/aromatic N) is 2. The maximum absolute atomic E-state index is 12.1. The lowest BCUT2D eigenvalue weighted by atomic mass is 10.2. The van der Waals surface area contributed by atoms with Gasteiger partial charge in [0.15, 0.2) is 0 Å². The zero-order valence-corrected chi connectivity index (χ0v) is 11.5. The SMILES string of the molecule is CC(C)N(CCC#N)C(=O)Nc1ccc(C(=O)O)cc1. The Labute approximate surface area is 117 Å². The van der Waals surface area contributed by atoms with Crippen molar-refractivity contribution in [2.24, 2.45) is 0 Å². The molecular weight excluding hydrogens is 258 g/mol. The molecule has 0 radical (unpaired) electrons. The van der Waals surface area contributed by atoms with Gasteiger partial charge in [0.1, 0.15) is 0 Å². The Hall–Kier alpha value is -2.55. The van der Waals surface area contributed by atoms with Crippen molar-refractivity contribution in [1.82, 2.24) is 4.90 Å². The van der Waals surface area contributed by atoms with Crippen LogP contribution in [-0.2, 0) is 0 Å². The lowest BCUT2D eigenvalue weighted by molar-refractivity contribution is 0.0697. The van der Waals surface area contributed by atoms with E-state index in [1.165, 1.54) is 24.3 Å². The molecule has 0 aliphatic heterocycles. The summed E-state index contributed by atoms with van der Waals surface area (Å²) in [7, 11) is 0. The van der Waals surface area contributed by atoms with Crippen LogP contribution in [0.25, 0.3) is 0 Å². The molecule has 0 aromatic heterocycles. The first-order chi connectivity index (χ1) is 9.45. The molecule has 20 heavy (non-hydrogen) atoms. The van der Waals surface area contributed by atoms with Crippen LogP contribution in [0.2, 0.25) is 0 Å². The van der Waals surface area contributed by atoms with E-state index in [2.05, 4.69) is 5.32 Å². The summed E-state index contributed by atoms with van der Waals surface area (Å²) in [5.41, 5.74) is 0.677. The Kier molecular flexibility index (Phi) is 5.54. The molecule has 1 aromatic carbocycles. The van der Waals surface area contributed by atoms with E-state index in [1.807, 2.05) is 19.9 Å². The van der Waals surface area contributed by atoms with Gasteiger partial charge in [-0.3, -0.25) is 0 Å². The minimum atomic E-state index is -1.01. The molecule has 0 bridgehead atoms. The van der Waals surface area contributed by atoms with Crippen molar-refractivity contribution in [2.45, 2.75) is 26.3 Å². The second-order valence-electron chi connectivity index (χ2n) is 4.51. The number of anilines is 1. The largest absolute Gasteiger partial charge is 0.478 e. The number of nitriles is 1. The molecule has 0 aliphatic carbocycles. The fraction of sp³-hybridized carbons (Fsp3) is 0.357. The molecule has 0 aliphatic rings. The summed E-state index contributed by atoms with van der Waals surface area (Å²) in [6.45, 7) is 4.09. The predicted octanol–water partition coefficient (Wildman–Crippen LogP) is 2.54. The maximum atomic E-state index is 12.1. The van der Waals surface area contributed by atoms with Crippen LogP contribution in [0.3, 0.4) is 0 Å². The van der Waals surface area contributed by atoms with Gasteiger partial charge in [0.25, 0.3) is 0 Å². The highest BCUT2D eigenvalue weighted by atomic mass is 16.4. The van der Waals surface area contributed by atoms with Crippen molar-refractivity contribution >= 4 is 17.7 Å². The van der Waals surface area contributed by atoms with Gasteiger partial charge < -0.3 is 15.3 Å². The minimum Gasteiger partial charge on any atom is -0.478 e. The van der Waals surface area contributed by atoms with E-state index in [0.29, 0.717) is 12.2 Å². The van der Waals surface area contributed by atoms with E-state index >= 15 is 0 Å². The standard InChI is InChI=1S/C14H17N3O3/c1-10(2)17(9-3-8-15)14(20)16-12-6-4-11(5-7-12)13(18)19/h4-7,10H,3,9H2,1-2H3,(H,16,20)(H,18,19). The number of amides is 2. The average molecular weight is 275 g/mol. The summed E-state index contributed by atoms with van der Waals surface area (Å²) in [5, 5.41) is 20.1. The van der Waals surface area contributed by atoms with Gasteiger partial charge in [-0.25, -0.2) is 9.59 Å². The molecule has 0 unspecified atom stereocenters. The molecule has 2 N–H and O–H groups in total. The van der Waals surface area contributed by atoms with Crippen molar-refractivity contribution in [3.05, 3.63) is 29.8 Å². The van der Waals surface area contributed by atoms with Crippen LogP contribution in [0.15, 0.2) is 24.3 Å². The van der Waals surface area contributed by atoms with Crippen LogP contribution in [0.4, 0.5) is 10.5 Å². The number of hydrogen-bond donors (Lipinski definition) is 2. The van der Waals surface area contributed by atoms with Crippen LogP contribution in [-0.4, -0.2) is 34.6 Å². The van der Waals surface area contributed by atoms with Gasteiger partial charge in [-0.05, 0) is 38.1 Å². The fourth-order valence-corrected chi connectivity index (χ4v) is 1.66. The van der Waals surface area contributed by atoms with Gasteiger partial charge in [-0.1, -0.05) is 0 Å². The summed E-state index contributed by atoms with van der Waals surface area (Å²) in [6, 6.07) is 7.58. The number of carbonyl (C=O) groups is 2. The molecule has 0 spiro atoms. The van der Waals surface area contributed by atoms with Crippen LogP contribution in [0, 0.1) is 11.3 Å². The molecule has 106 valence electrons. The van der Waals surface area contributed by atoms with Crippen molar-refractivity contribution < 1.29 is 14.7 Å². The first-order valence-electron chi connectivity index (χ1n) is 6.23. The molecule has 0 heterocycles. The molecule has 2 amide bonds. The van der Waals surface area contributed by atoms with E-state index in [1.54, 1.807) is 4.90 Å². The average Bonchev–Trinajstić information content (AvgIpc) is 2.39. The topological polar surface area (TPSA) is 93.4 Å². The molecule has 0 saturated carbocycles. The monoisotopic (exact) mass is 275 g/mol. The van der Waals surface area contributed by atoms with Crippen LogP contribution < -0.4 is 5.32 Å². The van der Waals surface area contributed by atoms with E-state index < -0.39 is 5.97 Å². The van der Waals surface area contributed by atoms with Crippen molar-refractivity contribution in [1.29, 1.82) is 5.26 Å². The number of aromatic carboxylic acids is 1. The van der Waals surface area contributed by atoms with Crippen molar-refractivity contribution in [3.63, 3.8) is 0 Å². The number of rotatable bonds is 5. The second kappa shape index (κ2) is 7.14. The Morgan fingerprint density at radius 1 is 1.35 bits per heavy atom. The zero-order valence-electron chi connectivity index (χ0n) is 11.5. The van der Waals surface area contributed by atoms with E-state index in [4.69, 9.17) is 10.4 Å². The first kappa shape index (κ1) is 15.5. The Morgan fingerprint density at radius 2 is 1.95 bits per heavy atom. The summed E-state index contributed by atoms with van der Waals surface area (Å²) in [5.74, 6) is -1.01. The molecule has 0 saturated heterocycles. The molecular formula is C14H17N3O3. The van der Waals surface area contributed by atoms with Crippen LogP contribution in [0.1, 0.15) is 30.6 Å². The third kappa shape index (κ3) is 4.28. The third-order valence-corrected chi connectivity index (χ3v) is 2.73. The molecule has 6 nitrogen and oxygen atoms in total. The number of urea groups is 1. The number of carboxylic acid groups (broad SMARTS) is 1. The molecule has 1 rings (SSSR count). The summed E-state index contributed by atoms with van der Waals surface area (Å²) in [6.07, 6.45) is 0.267. The first-order valence-corrected chi connectivity index (χ1v) is 6.23. The normalized spacial score (nSPS) is 9.90. The van der Waals surface area contributed by atoms with E-state index in [0.717, 1.165) is 0 Å². The maximum Gasteiger partial charge on any atom is 0.335 e. The predicted molar refractivity (Wildman–Crippen MR) is 74.5 cm³/mol. The number of nitrogens with one attached hydrogen (secondary N) is 1. The highest BCUT2D eigenvalue weighted by molar-refractivity contribution is 5.91. The smallest absolute Gasteiger partial charge is 0.335 e. The van der Waals surface area contributed by atoms with Crippen molar-refractivity contribution in [2.75, 3.05) is 11.9 Å². The summed E-state index contributed by atoms with van der Waals surface area (Å²) >= 11 is 0. The number of benzene rings is 1. The highest BCUT2D eigenvalue weighted by Crippen LogP contribution is 2.11. The molecule has 0 atom stereocenters. The molecule has 0 fully saturated rings. The lowest BCUT2D eigenvalue weighted by Crippen LogP contribution is -2.40. The summed E-state index contributed by atoms with van der Waals surface area (Å²) < 4.78 is 0. The fourth-order valence-electron chi connectivity index (χ4n) is 1.66. The van der Waals surface area contributed by atoms with Crippen LogP contribution in [0.5, 0.6) is 0 Å². The third-order valence-electron chi connectivity index (χ3n) is 2.73. The number of carbonyl (C=O) groups excluding carboxylic acids is 1. The number of hydrogen-bond acceptors (Lipinski definition) is 3. The molecule has 6 heteroatoms. The van der Waals surface area contributed by atoms with Gasteiger partial charge in [0.05, 0.1) is 18.1 Å². The minimum absolute atomic E-state index is 0.0263. The highest BCUT2D eigenvalue weighted by Gasteiger charge is 2.16. The van der Waals surface area contributed by atoms with E-state index in [-0.39, 0.29) is 24.1 Å². The van der Waals surface area contributed by atoms with Gasteiger partial charge >= 0.3 is 12.0 Å². The van der Waals surface area contributed by atoms with Gasteiger partial charge in [0.2, 0.25) is 0 Å². The Morgan fingerprint density at radius 3 is 2.40 bits per heavy atom. The Bertz CT molecular complexity index is 517. The van der Waals surface area contributed by atoms with Gasteiger partial charge in [-0.15, -0.1) is 0 Å². The lowest BCUT2D eigenvalue weighted by Gasteiger charge is -2.26. The van der Waals surface area contributed by atoms with E-state index in [9.17, 15) is 9.59 Å². The quantitative estimate of drug-likeness (QED) is 0.863. The van der Waals surface area contributed by atoms with Crippen LogP contribution >= 0.6 is 0 Å². The van der Waals surface area contributed by atoms with Gasteiger partial charge in [-0.2, -0.15) is 5.26 Å². The Balaban J connectivity index is 2.72. The molecule has 1 aromatic rings. The number of carboxylic acids is 1.